The van der Waals surface area contributed by atoms with E-state index in [2.05, 4.69) is 238 Å². The van der Waals surface area contributed by atoms with Gasteiger partial charge < -0.3 is 9.13 Å². The van der Waals surface area contributed by atoms with Crippen LogP contribution in [0.4, 0.5) is 0 Å². The number of aromatic nitrogens is 6. The van der Waals surface area contributed by atoms with Crippen LogP contribution < -0.4 is 0 Å². The van der Waals surface area contributed by atoms with Crippen molar-refractivity contribution in [3.8, 4) is 62.4 Å². The van der Waals surface area contributed by atoms with Gasteiger partial charge in [-0.25, -0.2) is 4.98 Å². The molecule has 0 atom stereocenters. The summed E-state index contributed by atoms with van der Waals surface area (Å²) in [6, 6.07) is 86.3. The Bertz CT molecular complexity index is 4230. The first-order valence-corrected chi connectivity index (χ1v) is 23.4. The molecule has 0 saturated carbocycles. The van der Waals surface area contributed by atoms with Crippen LogP contribution in [0, 0.1) is 0 Å². The van der Waals surface area contributed by atoms with Crippen LogP contribution in [-0.2, 0) is 0 Å². The van der Waals surface area contributed by atoms with Crippen molar-refractivity contribution in [1.29, 1.82) is 0 Å². The number of nitrogens with zero attached hydrogens (tertiary/aromatic N) is 6. The fourth-order valence-electron chi connectivity index (χ4n) is 10.7. The van der Waals surface area contributed by atoms with Crippen LogP contribution in [0.15, 0.2) is 243 Å². The van der Waals surface area contributed by atoms with Crippen molar-refractivity contribution in [2.24, 2.45) is 0 Å². The van der Waals surface area contributed by atoms with Crippen LogP contribution in [0.1, 0.15) is 0 Å². The molecule has 0 unspecified atom stereocenters. The highest BCUT2D eigenvalue weighted by Gasteiger charge is 2.26. The monoisotopic (exact) mass is 880 g/mol. The maximum atomic E-state index is 5.54. The van der Waals surface area contributed by atoms with Gasteiger partial charge in [0.05, 0.1) is 38.8 Å². The zero-order valence-electron chi connectivity index (χ0n) is 37.3. The lowest BCUT2D eigenvalue weighted by molar-refractivity contribution is 0.953. The first-order valence-electron chi connectivity index (χ1n) is 23.4. The molecule has 6 nitrogen and oxygen atoms in total. The van der Waals surface area contributed by atoms with Crippen molar-refractivity contribution in [3.63, 3.8) is 0 Å². The fraction of sp³-hybridized carbons (Fsp3) is 0. The topological polar surface area (TPSA) is 53.5 Å². The molecule has 6 heteroatoms. The molecule has 0 fully saturated rings. The van der Waals surface area contributed by atoms with Gasteiger partial charge in [0.15, 0.2) is 11.6 Å². The smallest absolute Gasteiger partial charge is 0.238 e. The van der Waals surface area contributed by atoms with E-state index in [-0.39, 0.29) is 0 Å². The standard InChI is InChI=1S/C63H40N6/c1-5-20-41(21-6-1)46-31-19-32-47(42-22-7-2-8-23-42)58(46)68-55-34-17-13-28-48(55)51-37-38-52-49-29-14-18-35-56(49)69(60(52)59(51)68)63-65-61(43-24-9-3-10-25-43)64-62(66-63)44-36-39-57-53(40-44)50-30-15-16-33-54(50)67(57)45-26-11-4-12-27-45/h1-40H. The molecule has 0 aliphatic rings. The van der Waals surface area contributed by atoms with E-state index >= 15 is 0 Å². The van der Waals surface area contributed by atoms with E-state index in [1.54, 1.807) is 0 Å². The second-order valence-electron chi connectivity index (χ2n) is 17.6. The highest BCUT2D eigenvalue weighted by molar-refractivity contribution is 6.24. The summed E-state index contributed by atoms with van der Waals surface area (Å²) in [6.45, 7) is 0. The van der Waals surface area contributed by atoms with Crippen molar-refractivity contribution < 1.29 is 0 Å². The predicted molar refractivity (Wildman–Crippen MR) is 285 cm³/mol. The second-order valence-corrected chi connectivity index (χ2v) is 17.6. The quantitative estimate of drug-likeness (QED) is 0.160. The van der Waals surface area contributed by atoms with Gasteiger partial charge >= 0.3 is 0 Å². The van der Waals surface area contributed by atoms with Crippen molar-refractivity contribution in [2.75, 3.05) is 0 Å². The van der Waals surface area contributed by atoms with Gasteiger partial charge in [-0.3, -0.25) is 4.57 Å². The Morgan fingerprint density at radius 1 is 0.261 bits per heavy atom. The van der Waals surface area contributed by atoms with Crippen LogP contribution in [-0.4, -0.2) is 28.7 Å². The Hall–Kier alpha value is -9.39. The van der Waals surface area contributed by atoms with Crippen molar-refractivity contribution in [2.45, 2.75) is 0 Å². The summed E-state index contributed by atoms with van der Waals surface area (Å²) in [4.78, 5) is 16.3. The molecule has 0 N–H and O–H groups in total. The Balaban J connectivity index is 1.11. The van der Waals surface area contributed by atoms with Crippen LogP contribution in [0.2, 0.25) is 0 Å². The molecule has 69 heavy (non-hydrogen) atoms. The maximum absolute atomic E-state index is 5.54. The third-order valence-electron chi connectivity index (χ3n) is 13.7. The average molecular weight is 881 g/mol. The Labute approximate surface area is 397 Å². The molecule has 0 spiro atoms. The molecule has 322 valence electrons. The maximum Gasteiger partial charge on any atom is 0.238 e. The molecule has 10 aromatic carbocycles. The summed E-state index contributed by atoms with van der Waals surface area (Å²) in [5.74, 6) is 1.74. The molecule has 0 radical (unpaired) electrons. The molecule has 4 aromatic heterocycles. The molecule has 14 aromatic rings. The molecule has 0 aliphatic heterocycles. The minimum absolute atomic E-state index is 0.542. The number of hydrogen-bond donors (Lipinski definition) is 0. The van der Waals surface area contributed by atoms with E-state index in [9.17, 15) is 0 Å². The van der Waals surface area contributed by atoms with Crippen LogP contribution in [0.3, 0.4) is 0 Å². The lowest BCUT2D eigenvalue weighted by atomic mass is 9.95. The van der Waals surface area contributed by atoms with Crippen LogP contribution in [0.25, 0.3) is 128 Å². The minimum atomic E-state index is 0.542. The third-order valence-corrected chi connectivity index (χ3v) is 13.7. The van der Waals surface area contributed by atoms with E-state index in [4.69, 9.17) is 15.0 Å². The van der Waals surface area contributed by atoms with Gasteiger partial charge in [-0.1, -0.05) is 194 Å². The largest absolute Gasteiger partial charge is 0.309 e. The summed E-state index contributed by atoms with van der Waals surface area (Å²) in [6.07, 6.45) is 0. The highest BCUT2D eigenvalue weighted by atomic mass is 15.2. The van der Waals surface area contributed by atoms with E-state index in [1.165, 1.54) is 5.39 Å². The number of rotatable bonds is 7. The molecule has 0 bridgehead atoms. The highest BCUT2D eigenvalue weighted by Crippen LogP contribution is 2.46. The van der Waals surface area contributed by atoms with Gasteiger partial charge in [0.2, 0.25) is 5.95 Å². The molecule has 4 heterocycles. The number of benzene rings is 10. The summed E-state index contributed by atoms with van der Waals surface area (Å²) in [5, 5.41) is 6.82. The molecule has 14 rings (SSSR count). The third kappa shape index (κ3) is 6.09. The summed E-state index contributed by atoms with van der Waals surface area (Å²) in [5.41, 5.74) is 15.1. The lowest BCUT2D eigenvalue weighted by Gasteiger charge is -2.20. The molecular formula is C63H40N6. The van der Waals surface area contributed by atoms with Crippen molar-refractivity contribution in [1.82, 2.24) is 28.7 Å². The van der Waals surface area contributed by atoms with Gasteiger partial charge in [0.1, 0.15) is 0 Å². The SMILES string of the molecule is c1ccc(-c2nc(-c3ccc4c(c3)c3ccccc3n4-c3ccccc3)nc(-n3c4ccccc4c4ccc5c6ccccc6n(-c6c(-c7ccccc7)cccc6-c6ccccc6)c5c43)n2)cc1. The Morgan fingerprint density at radius 2 is 0.696 bits per heavy atom. The Kier molecular flexibility index (Phi) is 8.79. The van der Waals surface area contributed by atoms with E-state index in [0.29, 0.717) is 17.6 Å². The minimum Gasteiger partial charge on any atom is -0.309 e. The lowest BCUT2D eigenvalue weighted by Crippen LogP contribution is -2.07. The van der Waals surface area contributed by atoms with Gasteiger partial charge in [-0.2, -0.15) is 9.97 Å². The van der Waals surface area contributed by atoms with Crippen molar-refractivity contribution >= 4 is 65.4 Å². The van der Waals surface area contributed by atoms with Crippen molar-refractivity contribution in [3.05, 3.63) is 243 Å². The summed E-state index contributed by atoms with van der Waals surface area (Å²) >= 11 is 0. The van der Waals surface area contributed by atoms with Crippen LogP contribution >= 0.6 is 0 Å². The van der Waals surface area contributed by atoms with Gasteiger partial charge in [0.25, 0.3) is 0 Å². The first kappa shape index (κ1) is 38.8. The zero-order valence-corrected chi connectivity index (χ0v) is 37.3. The molecule has 0 saturated heterocycles. The van der Waals surface area contributed by atoms with E-state index in [1.807, 2.05) is 18.2 Å². The van der Waals surface area contributed by atoms with E-state index < -0.39 is 0 Å². The fourth-order valence-corrected chi connectivity index (χ4v) is 10.7. The number of hydrogen-bond acceptors (Lipinski definition) is 3. The summed E-state index contributed by atoms with van der Waals surface area (Å²) in [7, 11) is 0. The normalized spacial score (nSPS) is 11.8. The Morgan fingerprint density at radius 3 is 1.28 bits per heavy atom. The number of fused-ring (bicyclic) bond motifs is 10. The van der Waals surface area contributed by atoms with E-state index in [0.717, 1.165) is 105 Å². The summed E-state index contributed by atoms with van der Waals surface area (Å²) < 4.78 is 7.13. The van der Waals surface area contributed by atoms with Gasteiger partial charge in [0, 0.05) is 60.3 Å². The number of para-hydroxylation sites is 5. The molecule has 0 aliphatic carbocycles. The average Bonchev–Trinajstić information content (AvgIpc) is 4.07. The molecule has 0 amide bonds. The van der Waals surface area contributed by atoms with Gasteiger partial charge in [-0.05, 0) is 59.7 Å². The van der Waals surface area contributed by atoms with Gasteiger partial charge in [-0.15, -0.1) is 0 Å². The predicted octanol–water partition coefficient (Wildman–Crippen LogP) is 15.8. The zero-order chi connectivity index (χ0) is 45.4. The second kappa shape index (κ2) is 15.6. The first-order chi connectivity index (χ1) is 34.3. The van der Waals surface area contributed by atoms with Crippen LogP contribution in [0.5, 0.6) is 0 Å². The molecular weight excluding hydrogens is 841 g/mol.